The molecule has 0 saturated heterocycles. The maximum atomic E-state index is 6.39. The molecule has 0 radical (unpaired) electrons. The van der Waals surface area contributed by atoms with Crippen molar-refractivity contribution in [2.75, 3.05) is 0 Å². The van der Waals surface area contributed by atoms with Gasteiger partial charge in [0.05, 0.1) is 5.69 Å². The number of hydrogen-bond donors (Lipinski definition) is 0. The first-order valence-corrected chi connectivity index (χ1v) is 12.2. The Bertz CT molecular complexity index is 819. The van der Waals surface area contributed by atoms with E-state index in [9.17, 15) is 0 Å². The van der Waals surface area contributed by atoms with Crippen LogP contribution >= 0.6 is 22.2 Å². The highest BCUT2D eigenvalue weighted by atomic mass is 35.7. The molecule has 0 bridgehead atoms. The lowest BCUT2D eigenvalue weighted by atomic mass is 10.1. The second-order valence-electron chi connectivity index (χ2n) is 5.58. The van der Waals surface area contributed by atoms with Crippen LogP contribution in [0, 0.1) is 0 Å². The quantitative estimate of drug-likeness (QED) is 0.459. The van der Waals surface area contributed by atoms with Crippen molar-refractivity contribution >= 4 is 34.0 Å². The molecule has 1 heterocycles. The van der Waals surface area contributed by atoms with E-state index in [1.54, 1.807) is 6.20 Å². The summed E-state index contributed by atoms with van der Waals surface area (Å²) in [7, 11) is 0. The number of ether oxygens (including phenoxy) is 1. The van der Waals surface area contributed by atoms with Gasteiger partial charge in [0.2, 0.25) is 0 Å². The average molecular weight is 374 g/mol. The number of benzene rings is 2. The first-order chi connectivity index (χ1) is 11.5. The van der Waals surface area contributed by atoms with Crippen molar-refractivity contribution in [1.82, 2.24) is 4.98 Å². The molecule has 122 valence electrons. The van der Waals surface area contributed by atoms with Gasteiger partial charge >= 0.3 is 0 Å². The predicted molar refractivity (Wildman–Crippen MR) is 103 cm³/mol. The molecule has 3 aromatic rings. The Hall–Kier alpha value is -1.81. The van der Waals surface area contributed by atoms with Crippen molar-refractivity contribution < 1.29 is 4.74 Å². The fraction of sp³-hybridized carbons (Fsp3) is 0.105. The lowest BCUT2D eigenvalue weighted by Crippen LogP contribution is -2.35. The third kappa shape index (κ3) is 4.18. The second kappa shape index (κ2) is 7.39. The summed E-state index contributed by atoms with van der Waals surface area (Å²) in [6.07, 6.45) is 1.78. The van der Waals surface area contributed by atoms with Crippen molar-refractivity contribution in [1.29, 1.82) is 0 Å². The summed E-state index contributed by atoms with van der Waals surface area (Å²) in [5, 5.41) is 0.995. The van der Waals surface area contributed by atoms with Gasteiger partial charge in [-0.05, 0) is 41.6 Å². The molecule has 0 amide bonds. The predicted octanol–water partition coefficient (Wildman–Crippen LogP) is 5.08. The van der Waals surface area contributed by atoms with Crippen molar-refractivity contribution in [3.63, 3.8) is 0 Å². The second-order valence-corrected chi connectivity index (χ2v) is 13.0. The molecule has 0 saturated carbocycles. The molecule has 0 N–H and O–H groups in total. The molecule has 24 heavy (non-hydrogen) atoms. The molecule has 0 atom stereocenters. The Kier molecular flexibility index (Phi) is 5.24. The number of pyridine rings is 1. The van der Waals surface area contributed by atoms with Gasteiger partial charge in [0, 0.05) is 11.8 Å². The third-order valence-corrected chi connectivity index (χ3v) is 6.33. The van der Waals surface area contributed by atoms with Crippen molar-refractivity contribution in [2.24, 2.45) is 0 Å². The Morgan fingerprint density at radius 1 is 0.958 bits per heavy atom. The minimum Gasteiger partial charge on any atom is -0.489 e. The molecule has 1 aromatic heterocycles. The van der Waals surface area contributed by atoms with E-state index >= 15 is 0 Å². The van der Waals surface area contributed by atoms with E-state index in [0.717, 1.165) is 27.8 Å². The van der Waals surface area contributed by atoms with Crippen LogP contribution in [0.25, 0.3) is 11.3 Å². The largest absolute Gasteiger partial charge is 0.489 e. The van der Waals surface area contributed by atoms with Gasteiger partial charge in [-0.1, -0.05) is 42.5 Å². The molecular formula is C19H17Cl2NOSi. The minimum atomic E-state index is -2.43. The van der Waals surface area contributed by atoms with Crippen LogP contribution in [0.3, 0.4) is 0 Å². The summed E-state index contributed by atoms with van der Waals surface area (Å²) < 4.78 is 5.97. The van der Waals surface area contributed by atoms with Crippen LogP contribution in [0.1, 0.15) is 5.56 Å². The van der Waals surface area contributed by atoms with Crippen LogP contribution < -0.4 is 9.92 Å². The van der Waals surface area contributed by atoms with Gasteiger partial charge in [-0.2, -0.15) is 0 Å². The smallest absolute Gasteiger partial charge is 0.278 e. The first kappa shape index (κ1) is 17.0. The van der Waals surface area contributed by atoms with Gasteiger partial charge in [0.25, 0.3) is 6.69 Å². The maximum Gasteiger partial charge on any atom is 0.278 e. The van der Waals surface area contributed by atoms with E-state index in [2.05, 4.69) is 4.98 Å². The summed E-state index contributed by atoms with van der Waals surface area (Å²) in [5.41, 5.74) is 2.97. The fourth-order valence-electron chi connectivity index (χ4n) is 2.51. The zero-order valence-corrected chi connectivity index (χ0v) is 15.8. The van der Waals surface area contributed by atoms with Crippen LogP contribution in [0.15, 0.2) is 72.9 Å². The fourth-order valence-corrected chi connectivity index (χ4v) is 4.73. The third-order valence-electron chi connectivity index (χ3n) is 3.68. The van der Waals surface area contributed by atoms with Crippen LogP contribution in [-0.2, 0) is 6.61 Å². The Labute approximate surface area is 152 Å². The van der Waals surface area contributed by atoms with E-state index in [1.165, 1.54) is 0 Å². The molecule has 0 aliphatic carbocycles. The monoisotopic (exact) mass is 373 g/mol. The van der Waals surface area contributed by atoms with Crippen LogP contribution in [0.2, 0.25) is 6.55 Å². The number of aromatic nitrogens is 1. The lowest BCUT2D eigenvalue weighted by Gasteiger charge is -2.16. The highest BCUT2D eigenvalue weighted by molar-refractivity contribution is 7.50. The van der Waals surface area contributed by atoms with E-state index < -0.39 is 6.69 Å². The highest BCUT2D eigenvalue weighted by Crippen LogP contribution is 2.23. The molecule has 0 aliphatic rings. The van der Waals surface area contributed by atoms with Crippen LogP contribution in [-0.4, -0.2) is 11.7 Å². The summed E-state index contributed by atoms with van der Waals surface area (Å²) in [6.45, 7) is -0.0913. The lowest BCUT2D eigenvalue weighted by molar-refractivity contribution is 0.307. The van der Waals surface area contributed by atoms with Crippen molar-refractivity contribution in [3.8, 4) is 17.0 Å². The zero-order chi connectivity index (χ0) is 17.0. The molecule has 0 fully saturated rings. The number of halogens is 2. The van der Waals surface area contributed by atoms with Gasteiger partial charge < -0.3 is 4.74 Å². The van der Waals surface area contributed by atoms with Crippen LogP contribution in [0.5, 0.6) is 5.75 Å². The molecule has 0 spiro atoms. The SMILES string of the molecule is C[Si](Cl)(Cl)c1ccccc1COc1cccc(-c2ccccn2)c1. The van der Waals surface area contributed by atoms with Crippen molar-refractivity contribution in [2.45, 2.75) is 13.2 Å². The molecule has 2 nitrogen and oxygen atoms in total. The normalized spacial score (nSPS) is 11.3. The number of hydrogen-bond acceptors (Lipinski definition) is 2. The summed E-state index contributed by atoms with van der Waals surface area (Å²) in [4.78, 5) is 4.37. The maximum absolute atomic E-state index is 6.39. The summed E-state index contributed by atoms with van der Waals surface area (Å²) in [6, 6.07) is 21.7. The Morgan fingerprint density at radius 3 is 2.50 bits per heavy atom. The standard InChI is InChI=1S/C19H17Cl2NOSi/c1-24(20,21)19-11-3-2-7-16(19)14-23-17-9-6-8-15(13-17)18-10-4-5-12-22-18/h2-13H,14H2,1H3. The molecule has 0 aliphatic heterocycles. The van der Waals surface area contributed by atoms with Crippen LogP contribution in [0.4, 0.5) is 0 Å². The van der Waals surface area contributed by atoms with Crippen molar-refractivity contribution in [3.05, 3.63) is 78.5 Å². The zero-order valence-electron chi connectivity index (χ0n) is 13.2. The van der Waals surface area contributed by atoms with E-state index in [-0.39, 0.29) is 0 Å². The van der Waals surface area contributed by atoms with E-state index in [4.69, 9.17) is 26.9 Å². The molecule has 0 unspecified atom stereocenters. The first-order valence-electron chi connectivity index (χ1n) is 7.64. The highest BCUT2D eigenvalue weighted by Gasteiger charge is 2.26. The number of rotatable bonds is 5. The van der Waals surface area contributed by atoms with Gasteiger partial charge in [-0.3, -0.25) is 4.98 Å². The molecule has 3 rings (SSSR count). The van der Waals surface area contributed by atoms with Gasteiger partial charge in [0.15, 0.2) is 0 Å². The minimum absolute atomic E-state index is 0.434. The Morgan fingerprint density at radius 2 is 1.75 bits per heavy atom. The van der Waals surface area contributed by atoms with Gasteiger partial charge in [-0.25, -0.2) is 0 Å². The van der Waals surface area contributed by atoms with Gasteiger partial charge in [0.1, 0.15) is 12.4 Å². The molecule has 2 aromatic carbocycles. The molecule has 5 heteroatoms. The Balaban J connectivity index is 1.79. The topological polar surface area (TPSA) is 22.1 Å². The average Bonchev–Trinajstić information content (AvgIpc) is 2.60. The number of nitrogens with zero attached hydrogens (tertiary/aromatic N) is 1. The summed E-state index contributed by atoms with van der Waals surface area (Å²) in [5.74, 6) is 0.792. The van der Waals surface area contributed by atoms with E-state index in [1.807, 2.05) is 73.3 Å². The van der Waals surface area contributed by atoms with Gasteiger partial charge in [-0.15, -0.1) is 22.2 Å². The summed E-state index contributed by atoms with van der Waals surface area (Å²) >= 11 is 12.8. The van der Waals surface area contributed by atoms with E-state index in [0.29, 0.717) is 6.61 Å². The molecular weight excluding hydrogens is 357 g/mol.